The van der Waals surface area contributed by atoms with Gasteiger partial charge < -0.3 is 14.8 Å². The van der Waals surface area contributed by atoms with Gasteiger partial charge in [0.2, 0.25) is 10.0 Å². The topological polar surface area (TPSA) is 84.9 Å². The zero-order valence-electron chi connectivity index (χ0n) is 15.9. The van der Waals surface area contributed by atoms with Crippen molar-refractivity contribution >= 4 is 21.6 Å². The van der Waals surface area contributed by atoms with Gasteiger partial charge in [0.15, 0.2) is 11.5 Å². The van der Waals surface area contributed by atoms with Crippen LogP contribution in [0.15, 0.2) is 48.5 Å². The Morgan fingerprint density at radius 2 is 1.79 bits per heavy atom. The van der Waals surface area contributed by atoms with Crippen molar-refractivity contribution in [3.05, 3.63) is 54.1 Å². The number of amides is 1. The summed E-state index contributed by atoms with van der Waals surface area (Å²) >= 11 is 0. The van der Waals surface area contributed by atoms with Crippen LogP contribution in [0, 0.1) is 0 Å². The van der Waals surface area contributed by atoms with Gasteiger partial charge in [0, 0.05) is 12.1 Å². The molecule has 150 valence electrons. The zero-order valence-corrected chi connectivity index (χ0v) is 16.7. The Labute approximate surface area is 165 Å². The molecule has 0 bridgehead atoms. The number of para-hydroxylation sites is 2. The second kappa shape index (κ2) is 8.52. The minimum absolute atomic E-state index is 0.0235. The summed E-state index contributed by atoms with van der Waals surface area (Å²) in [5.74, 6) is 1.13. The van der Waals surface area contributed by atoms with Crippen LogP contribution < -0.4 is 19.1 Å². The molecule has 3 rings (SSSR count). The van der Waals surface area contributed by atoms with Gasteiger partial charge in [-0.05, 0) is 50.2 Å². The van der Waals surface area contributed by atoms with E-state index in [9.17, 15) is 13.2 Å². The van der Waals surface area contributed by atoms with Gasteiger partial charge >= 0.3 is 0 Å². The summed E-state index contributed by atoms with van der Waals surface area (Å²) in [5.41, 5.74) is 0.993. The summed E-state index contributed by atoms with van der Waals surface area (Å²) in [6.45, 7) is 4.38. The van der Waals surface area contributed by atoms with Crippen molar-refractivity contribution in [2.75, 3.05) is 29.8 Å². The van der Waals surface area contributed by atoms with Crippen LogP contribution in [0.2, 0.25) is 0 Å². The number of carbonyl (C=O) groups is 1. The number of hydrogen-bond donors (Lipinski definition) is 1. The van der Waals surface area contributed by atoms with E-state index in [4.69, 9.17) is 9.47 Å². The summed E-state index contributed by atoms with van der Waals surface area (Å²) in [5, 5.41) is 2.83. The number of nitrogens with one attached hydrogen (secondary N) is 1. The van der Waals surface area contributed by atoms with Crippen LogP contribution in [0.3, 0.4) is 0 Å². The predicted molar refractivity (Wildman–Crippen MR) is 108 cm³/mol. The third-order valence-corrected chi connectivity index (χ3v) is 6.33. The lowest BCUT2D eigenvalue weighted by atomic mass is 10.2. The fourth-order valence-corrected chi connectivity index (χ4v) is 4.10. The molecule has 0 spiro atoms. The Kier molecular flexibility index (Phi) is 6.08. The molecule has 0 radical (unpaired) electrons. The minimum Gasteiger partial charge on any atom is -0.486 e. The maximum absolute atomic E-state index is 12.4. The molecule has 7 nitrogen and oxygen atoms in total. The summed E-state index contributed by atoms with van der Waals surface area (Å²) in [4.78, 5) is 12.4. The molecule has 0 aliphatic carbocycles. The van der Waals surface area contributed by atoms with Crippen molar-refractivity contribution in [2.45, 2.75) is 20.0 Å². The number of hydrogen-bond acceptors (Lipinski definition) is 5. The fourth-order valence-electron chi connectivity index (χ4n) is 2.95. The standard InChI is InChI=1S/C20H24N2O5S/c1-3-22(28(24,25)4-2)16-11-9-15(10-12-16)20(23)21-13-17-14-26-18-7-5-6-8-19(18)27-17/h5-12,17H,3-4,13-14H2,1-2H3,(H,21,23)/t17-/m0/s1. The monoisotopic (exact) mass is 404 g/mol. The smallest absolute Gasteiger partial charge is 0.251 e. The highest BCUT2D eigenvalue weighted by atomic mass is 32.2. The van der Waals surface area contributed by atoms with E-state index in [0.717, 1.165) is 0 Å². The summed E-state index contributed by atoms with van der Waals surface area (Å²) in [6, 6.07) is 13.9. The summed E-state index contributed by atoms with van der Waals surface area (Å²) < 4.78 is 37.1. The first-order chi connectivity index (χ1) is 13.4. The minimum atomic E-state index is -3.34. The molecule has 0 saturated carbocycles. The Balaban J connectivity index is 1.60. The number of anilines is 1. The van der Waals surface area contributed by atoms with E-state index in [1.54, 1.807) is 38.1 Å². The second-order valence-electron chi connectivity index (χ2n) is 6.32. The normalized spacial score (nSPS) is 15.7. The third-order valence-electron chi connectivity index (χ3n) is 4.46. The Bertz CT molecular complexity index is 928. The first kappa shape index (κ1) is 20.0. The predicted octanol–water partition coefficient (Wildman–Crippen LogP) is 2.43. The van der Waals surface area contributed by atoms with Crippen LogP contribution >= 0.6 is 0 Å². The van der Waals surface area contributed by atoms with Gasteiger partial charge in [0.25, 0.3) is 5.91 Å². The number of ether oxygens (including phenoxy) is 2. The quantitative estimate of drug-likeness (QED) is 0.766. The van der Waals surface area contributed by atoms with Crippen molar-refractivity contribution < 1.29 is 22.7 Å². The van der Waals surface area contributed by atoms with Crippen molar-refractivity contribution in [1.29, 1.82) is 0 Å². The molecule has 1 amide bonds. The van der Waals surface area contributed by atoms with E-state index in [1.807, 2.05) is 24.3 Å². The number of carbonyl (C=O) groups excluding carboxylic acids is 1. The van der Waals surface area contributed by atoms with Crippen molar-refractivity contribution in [3.8, 4) is 11.5 Å². The second-order valence-corrected chi connectivity index (χ2v) is 8.50. The van der Waals surface area contributed by atoms with Gasteiger partial charge in [-0.1, -0.05) is 12.1 Å². The zero-order chi connectivity index (χ0) is 20.1. The summed E-state index contributed by atoms with van der Waals surface area (Å²) in [7, 11) is -3.34. The molecule has 1 N–H and O–H groups in total. The molecular weight excluding hydrogens is 380 g/mol. The van der Waals surface area contributed by atoms with Gasteiger partial charge in [-0.15, -0.1) is 0 Å². The molecule has 8 heteroatoms. The number of nitrogens with zero attached hydrogens (tertiary/aromatic N) is 1. The molecule has 2 aromatic rings. The van der Waals surface area contributed by atoms with Crippen molar-refractivity contribution in [1.82, 2.24) is 5.32 Å². The first-order valence-electron chi connectivity index (χ1n) is 9.21. The summed E-state index contributed by atoms with van der Waals surface area (Å²) in [6.07, 6.45) is -0.275. The van der Waals surface area contributed by atoms with E-state index in [0.29, 0.717) is 42.4 Å². The molecule has 1 atom stereocenters. The van der Waals surface area contributed by atoms with Crippen molar-refractivity contribution in [2.24, 2.45) is 0 Å². The lowest BCUT2D eigenvalue weighted by Crippen LogP contribution is -2.40. The number of benzene rings is 2. The van der Waals surface area contributed by atoms with Crippen LogP contribution in [0.4, 0.5) is 5.69 Å². The van der Waals surface area contributed by atoms with E-state index in [1.165, 1.54) is 4.31 Å². The van der Waals surface area contributed by atoms with Crippen LogP contribution in [-0.2, 0) is 10.0 Å². The molecule has 0 aromatic heterocycles. The van der Waals surface area contributed by atoms with E-state index >= 15 is 0 Å². The van der Waals surface area contributed by atoms with E-state index < -0.39 is 10.0 Å². The molecule has 0 saturated heterocycles. The average Bonchev–Trinajstić information content (AvgIpc) is 2.72. The van der Waals surface area contributed by atoms with E-state index in [2.05, 4.69) is 5.32 Å². The van der Waals surface area contributed by atoms with Crippen LogP contribution in [0.5, 0.6) is 11.5 Å². The van der Waals surface area contributed by atoms with Crippen LogP contribution in [0.1, 0.15) is 24.2 Å². The van der Waals surface area contributed by atoms with Gasteiger partial charge in [0.05, 0.1) is 18.0 Å². The van der Waals surface area contributed by atoms with Crippen molar-refractivity contribution in [3.63, 3.8) is 0 Å². The number of rotatable bonds is 7. The molecule has 0 fully saturated rings. The average molecular weight is 404 g/mol. The van der Waals surface area contributed by atoms with Gasteiger partial charge in [-0.3, -0.25) is 9.10 Å². The highest BCUT2D eigenvalue weighted by Crippen LogP contribution is 2.30. The number of fused-ring (bicyclic) bond motifs is 1. The number of sulfonamides is 1. The molecule has 1 heterocycles. The maximum atomic E-state index is 12.4. The molecule has 1 aliphatic heterocycles. The lowest BCUT2D eigenvalue weighted by molar-refractivity contribution is 0.0789. The van der Waals surface area contributed by atoms with Crippen LogP contribution in [-0.4, -0.2) is 45.9 Å². The molecule has 28 heavy (non-hydrogen) atoms. The SMILES string of the molecule is CCN(c1ccc(C(=O)NC[C@H]2COc3ccccc3O2)cc1)S(=O)(=O)CC. The fraction of sp³-hybridized carbons (Fsp3) is 0.350. The maximum Gasteiger partial charge on any atom is 0.251 e. The Morgan fingerprint density at radius 3 is 2.43 bits per heavy atom. The van der Waals surface area contributed by atoms with Gasteiger partial charge in [-0.25, -0.2) is 8.42 Å². The van der Waals surface area contributed by atoms with E-state index in [-0.39, 0.29) is 17.8 Å². The molecule has 2 aromatic carbocycles. The highest BCUT2D eigenvalue weighted by molar-refractivity contribution is 7.92. The van der Waals surface area contributed by atoms with Gasteiger partial charge in [0.1, 0.15) is 12.7 Å². The first-order valence-corrected chi connectivity index (χ1v) is 10.8. The van der Waals surface area contributed by atoms with Gasteiger partial charge in [-0.2, -0.15) is 0 Å². The Hall–Kier alpha value is -2.74. The van der Waals surface area contributed by atoms with Crippen LogP contribution in [0.25, 0.3) is 0 Å². The molecular formula is C20H24N2O5S. The lowest BCUT2D eigenvalue weighted by Gasteiger charge is -2.26. The largest absolute Gasteiger partial charge is 0.486 e. The third kappa shape index (κ3) is 4.39. The Morgan fingerprint density at radius 1 is 1.11 bits per heavy atom. The molecule has 0 unspecified atom stereocenters. The highest BCUT2D eigenvalue weighted by Gasteiger charge is 2.22. The molecule has 1 aliphatic rings.